The summed E-state index contributed by atoms with van der Waals surface area (Å²) < 4.78 is 29.2. The third-order valence-corrected chi connectivity index (χ3v) is 4.10. The van der Waals surface area contributed by atoms with Crippen LogP contribution in [0.3, 0.4) is 0 Å². The van der Waals surface area contributed by atoms with Crippen LogP contribution in [0.2, 0.25) is 0 Å². The molecule has 0 spiro atoms. The van der Waals surface area contributed by atoms with Crippen LogP contribution in [-0.2, 0) is 11.2 Å². The number of nitrogens with two attached hydrogens (primary N) is 1. The molecule has 2 rings (SSSR count). The number of benzene rings is 1. The predicted molar refractivity (Wildman–Crippen MR) is 79.7 cm³/mol. The quantitative estimate of drug-likeness (QED) is 0.848. The summed E-state index contributed by atoms with van der Waals surface area (Å²) in [7, 11) is 0. The molecule has 0 heterocycles. The van der Waals surface area contributed by atoms with Crippen LogP contribution in [0.1, 0.15) is 31.2 Å². The summed E-state index contributed by atoms with van der Waals surface area (Å²) in [5.41, 5.74) is 6.20. The molecule has 6 heteroatoms. The minimum atomic E-state index is -2.90. The zero-order valence-electron chi connectivity index (χ0n) is 12.4. The maximum absolute atomic E-state index is 12.4. The highest BCUT2D eigenvalue weighted by atomic mass is 19.3. The molecule has 122 valence electrons. The van der Waals surface area contributed by atoms with Gasteiger partial charge in [0, 0.05) is 11.6 Å². The molecule has 1 aliphatic carbocycles. The highest BCUT2D eigenvalue weighted by Gasteiger charge is 2.25. The average Bonchev–Trinajstić information content (AvgIpc) is 2.49. The molecule has 0 saturated heterocycles. The van der Waals surface area contributed by atoms with Crippen molar-refractivity contribution in [2.24, 2.45) is 11.7 Å². The number of hydrogen-bond donors (Lipinski definition) is 2. The maximum atomic E-state index is 12.4. The van der Waals surface area contributed by atoms with E-state index in [-0.39, 0.29) is 24.1 Å². The number of rotatable bonds is 6. The maximum Gasteiger partial charge on any atom is 0.387 e. The molecule has 0 bridgehead atoms. The second-order valence-electron chi connectivity index (χ2n) is 5.62. The summed E-state index contributed by atoms with van der Waals surface area (Å²) in [6.07, 6.45) is 4.18. The van der Waals surface area contributed by atoms with E-state index < -0.39 is 6.61 Å². The number of hydrogen-bond acceptors (Lipinski definition) is 3. The molecule has 2 unspecified atom stereocenters. The van der Waals surface area contributed by atoms with Crippen molar-refractivity contribution in [3.63, 3.8) is 0 Å². The van der Waals surface area contributed by atoms with Crippen LogP contribution in [0.4, 0.5) is 8.78 Å². The van der Waals surface area contributed by atoms with Gasteiger partial charge in [-0.1, -0.05) is 31.0 Å². The molecule has 3 N–H and O–H groups in total. The van der Waals surface area contributed by atoms with Crippen LogP contribution in [0.5, 0.6) is 5.75 Å². The minimum Gasteiger partial charge on any atom is -0.435 e. The van der Waals surface area contributed by atoms with E-state index in [2.05, 4.69) is 10.1 Å². The minimum absolute atomic E-state index is 0.0245. The Bertz CT molecular complexity index is 497. The van der Waals surface area contributed by atoms with E-state index in [0.717, 1.165) is 25.7 Å². The number of para-hydroxylation sites is 1. The van der Waals surface area contributed by atoms with E-state index in [1.54, 1.807) is 18.2 Å². The second kappa shape index (κ2) is 8.08. The van der Waals surface area contributed by atoms with Gasteiger partial charge in [0.1, 0.15) is 5.75 Å². The van der Waals surface area contributed by atoms with Gasteiger partial charge in [0.05, 0.1) is 6.42 Å². The van der Waals surface area contributed by atoms with E-state index >= 15 is 0 Å². The summed E-state index contributed by atoms with van der Waals surface area (Å²) in [4.78, 5) is 12.2. The van der Waals surface area contributed by atoms with Gasteiger partial charge >= 0.3 is 6.61 Å². The van der Waals surface area contributed by atoms with Gasteiger partial charge in [-0.3, -0.25) is 4.79 Å². The zero-order chi connectivity index (χ0) is 15.9. The Morgan fingerprint density at radius 1 is 1.32 bits per heavy atom. The van der Waals surface area contributed by atoms with Gasteiger partial charge in [-0.15, -0.1) is 0 Å². The third-order valence-electron chi connectivity index (χ3n) is 4.10. The van der Waals surface area contributed by atoms with Gasteiger partial charge in [0.2, 0.25) is 5.91 Å². The Hall–Kier alpha value is -1.69. The Balaban J connectivity index is 1.97. The lowest BCUT2D eigenvalue weighted by Gasteiger charge is -2.31. The van der Waals surface area contributed by atoms with E-state index in [0.29, 0.717) is 18.0 Å². The fourth-order valence-electron chi connectivity index (χ4n) is 2.97. The Morgan fingerprint density at radius 2 is 2.05 bits per heavy atom. The molecule has 1 aliphatic rings. The Morgan fingerprint density at radius 3 is 2.77 bits per heavy atom. The lowest BCUT2D eigenvalue weighted by atomic mass is 9.84. The molecular formula is C16H22F2N2O2. The summed E-state index contributed by atoms with van der Waals surface area (Å²) in [6, 6.07) is 6.44. The monoisotopic (exact) mass is 312 g/mol. The number of carbonyl (C=O) groups is 1. The molecular weight excluding hydrogens is 290 g/mol. The molecule has 1 aromatic rings. The standard InChI is InChI=1S/C16H22F2N2O2/c17-16(18)22-14-8-4-2-5-11(14)9-15(21)20-13-7-3-1-6-12(13)10-19/h2,4-5,8,12-13,16H,1,3,6-7,9-10,19H2,(H,20,21). The summed E-state index contributed by atoms with van der Waals surface area (Å²) in [5.74, 6) is 0.160. The molecule has 0 aromatic heterocycles. The molecule has 1 aromatic carbocycles. The van der Waals surface area contributed by atoms with Gasteiger partial charge in [-0.2, -0.15) is 8.78 Å². The molecule has 0 aliphatic heterocycles. The first kappa shape index (κ1) is 16.7. The molecule has 1 saturated carbocycles. The smallest absolute Gasteiger partial charge is 0.387 e. The predicted octanol–water partition coefficient (Wildman–Crippen LogP) is 2.46. The normalized spacial score (nSPS) is 21.6. The van der Waals surface area contributed by atoms with Gasteiger partial charge in [0.25, 0.3) is 0 Å². The van der Waals surface area contributed by atoms with Crippen molar-refractivity contribution in [1.29, 1.82) is 0 Å². The van der Waals surface area contributed by atoms with Crippen molar-refractivity contribution in [2.75, 3.05) is 6.54 Å². The van der Waals surface area contributed by atoms with Crippen molar-refractivity contribution in [3.05, 3.63) is 29.8 Å². The summed E-state index contributed by atoms with van der Waals surface area (Å²) in [5, 5.41) is 2.99. The summed E-state index contributed by atoms with van der Waals surface area (Å²) >= 11 is 0. The number of halogens is 2. The Kier molecular flexibility index (Phi) is 6.12. The van der Waals surface area contributed by atoms with Gasteiger partial charge in [-0.05, 0) is 31.4 Å². The third kappa shape index (κ3) is 4.66. The number of ether oxygens (including phenoxy) is 1. The van der Waals surface area contributed by atoms with E-state index in [9.17, 15) is 13.6 Å². The van der Waals surface area contributed by atoms with Gasteiger partial charge < -0.3 is 15.8 Å². The van der Waals surface area contributed by atoms with Crippen molar-refractivity contribution in [1.82, 2.24) is 5.32 Å². The number of alkyl halides is 2. The highest BCUT2D eigenvalue weighted by molar-refractivity contribution is 5.79. The second-order valence-corrected chi connectivity index (χ2v) is 5.62. The Labute approximate surface area is 129 Å². The molecule has 4 nitrogen and oxygen atoms in total. The molecule has 1 fully saturated rings. The largest absolute Gasteiger partial charge is 0.435 e. The first-order chi connectivity index (χ1) is 10.6. The van der Waals surface area contributed by atoms with Crippen molar-refractivity contribution in [2.45, 2.75) is 44.8 Å². The van der Waals surface area contributed by atoms with Gasteiger partial charge in [-0.25, -0.2) is 0 Å². The number of carbonyl (C=O) groups excluding carboxylic acids is 1. The zero-order valence-corrected chi connectivity index (χ0v) is 12.4. The lowest BCUT2D eigenvalue weighted by molar-refractivity contribution is -0.121. The van der Waals surface area contributed by atoms with Crippen LogP contribution in [0.25, 0.3) is 0 Å². The fourth-order valence-corrected chi connectivity index (χ4v) is 2.97. The van der Waals surface area contributed by atoms with Gasteiger partial charge in [0.15, 0.2) is 0 Å². The molecule has 2 atom stereocenters. The van der Waals surface area contributed by atoms with Crippen molar-refractivity contribution >= 4 is 5.91 Å². The van der Waals surface area contributed by atoms with Crippen LogP contribution in [-0.4, -0.2) is 25.1 Å². The fraction of sp³-hybridized carbons (Fsp3) is 0.562. The van der Waals surface area contributed by atoms with Crippen LogP contribution in [0.15, 0.2) is 24.3 Å². The molecule has 22 heavy (non-hydrogen) atoms. The van der Waals surface area contributed by atoms with Crippen LogP contribution in [0, 0.1) is 5.92 Å². The SMILES string of the molecule is NCC1CCCCC1NC(=O)Cc1ccccc1OC(F)F. The number of nitrogens with one attached hydrogen (secondary N) is 1. The van der Waals surface area contributed by atoms with Crippen molar-refractivity contribution in [3.8, 4) is 5.75 Å². The van der Waals surface area contributed by atoms with Crippen LogP contribution >= 0.6 is 0 Å². The topological polar surface area (TPSA) is 64.3 Å². The lowest BCUT2D eigenvalue weighted by Crippen LogP contribution is -2.45. The molecule has 1 amide bonds. The van der Waals surface area contributed by atoms with E-state index in [4.69, 9.17) is 5.73 Å². The number of amides is 1. The van der Waals surface area contributed by atoms with E-state index in [1.165, 1.54) is 6.07 Å². The van der Waals surface area contributed by atoms with Crippen LogP contribution < -0.4 is 15.8 Å². The summed E-state index contributed by atoms with van der Waals surface area (Å²) in [6.45, 7) is -2.35. The molecule has 0 radical (unpaired) electrons. The highest BCUT2D eigenvalue weighted by Crippen LogP contribution is 2.24. The van der Waals surface area contributed by atoms with Crippen molar-refractivity contribution < 1.29 is 18.3 Å². The first-order valence-corrected chi connectivity index (χ1v) is 7.62. The average molecular weight is 312 g/mol. The first-order valence-electron chi connectivity index (χ1n) is 7.62. The van der Waals surface area contributed by atoms with E-state index in [1.807, 2.05) is 0 Å².